The monoisotopic (exact) mass is 461 g/mol. The van der Waals surface area contributed by atoms with Gasteiger partial charge in [-0.3, -0.25) is 19.3 Å². The first-order valence-corrected chi connectivity index (χ1v) is 10.5. The summed E-state index contributed by atoms with van der Waals surface area (Å²) in [5.41, 5.74) is 1.45. The summed E-state index contributed by atoms with van der Waals surface area (Å²) in [4.78, 5) is 38.8. The predicted molar refractivity (Wildman–Crippen MR) is 126 cm³/mol. The molecule has 0 spiro atoms. The molecule has 3 aromatic rings. The largest absolute Gasteiger partial charge is 0.493 e. The third kappa shape index (κ3) is 5.44. The highest BCUT2D eigenvalue weighted by Crippen LogP contribution is 2.34. The molecule has 1 aliphatic heterocycles. The summed E-state index contributed by atoms with van der Waals surface area (Å²) in [5, 5.41) is 5.49. The highest BCUT2D eigenvalue weighted by molar-refractivity contribution is 6.05. The second-order valence-corrected chi connectivity index (χ2v) is 7.35. The maximum atomic E-state index is 12.5. The van der Waals surface area contributed by atoms with Crippen LogP contribution in [-0.4, -0.2) is 44.6 Å². The highest BCUT2D eigenvalue weighted by Gasteiger charge is 2.28. The van der Waals surface area contributed by atoms with E-state index in [0.29, 0.717) is 34.3 Å². The molecule has 0 saturated heterocycles. The van der Waals surface area contributed by atoms with Gasteiger partial charge in [0.25, 0.3) is 11.8 Å². The Labute approximate surface area is 196 Å². The van der Waals surface area contributed by atoms with Gasteiger partial charge in [-0.1, -0.05) is 30.3 Å². The molecule has 9 heteroatoms. The fourth-order valence-electron chi connectivity index (χ4n) is 3.40. The fourth-order valence-corrected chi connectivity index (χ4v) is 3.40. The van der Waals surface area contributed by atoms with Crippen LogP contribution in [0.4, 0.5) is 17.1 Å². The first-order chi connectivity index (χ1) is 16.5. The van der Waals surface area contributed by atoms with E-state index in [1.54, 1.807) is 66.7 Å². The molecule has 0 saturated carbocycles. The Balaban J connectivity index is 1.43. The number of amides is 3. The summed E-state index contributed by atoms with van der Waals surface area (Å²) in [7, 11) is 1.52. The van der Waals surface area contributed by atoms with Gasteiger partial charge in [-0.2, -0.15) is 0 Å². The molecule has 0 bridgehead atoms. The lowest BCUT2D eigenvalue weighted by Crippen LogP contribution is -2.43. The average Bonchev–Trinajstić information content (AvgIpc) is 2.85. The molecule has 0 atom stereocenters. The van der Waals surface area contributed by atoms with Gasteiger partial charge >= 0.3 is 0 Å². The molecule has 4 rings (SSSR count). The van der Waals surface area contributed by atoms with Crippen molar-refractivity contribution in [3.63, 3.8) is 0 Å². The molecule has 174 valence electrons. The molecule has 1 aliphatic rings. The van der Waals surface area contributed by atoms with E-state index in [0.717, 1.165) is 0 Å². The van der Waals surface area contributed by atoms with Crippen molar-refractivity contribution in [3.05, 3.63) is 72.8 Å². The third-order valence-electron chi connectivity index (χ3n) is 4.97. The van der Waals surface area contributed by atoms with Crippen LogP contribution in [0.2, 0.25) is 0 Å². The molecular formula is C25H23N3O6. The van der Waals surface area contributed by atoms with Gasteiger partial charge < -0.3 is 24.8 Å². The number of ether oxygens (including phenoxy) is 3. The van der Waals surface area contributed by atoms with E-state index in [9.17, 15) is 14.4 Å². The zero-order chi connectivity index (χ0) is 23.9. The zero-order valence-electron chi connectivity index (χ0n) is 18.4. The smallest absolute Gasteiger partial charge is 0.265 e. The summed E-state index contributed by atoms with van der Waals surface area (Å²) >= 11 is 0. The van der Waals surface area contributed by atoms with Crippen molar-refractivity contribution in [1.82, 2.24) is 0 Å². The van der Waals surface area contributed by atoms with Crippen LogP contribution < -0.4 is 29.7 Å². The van der Waals surface area contributed by atoms with E-state index < -0.39 is 5.91 Å². The minimum Gasteiger partial charge on any atom is -0.493 e. The zero-order valence-corrected chi connectivity index (χ0v) is 18.4. The quantitative estimate of drug-likeness (QED) is 0.534. The normalized spacial score (nSPS) is 12.3. The number of benzene rings is 3. The summed E-state index contributed by atoms with van der Waals surface area (Å²) in [5.74, 6) is 0.285. The molecule has 3 aromatic carbocycles. The average molecular weight is 461 g/mol. The molecule has 0 radical (unpaired) electrons. The van der Waals surface area contributed by atoms with E-state index in [1.165, 1.54) is 12.0 Å². The molecule has 0 fully saturated rings. The lowest BCUT2D eigenvalue weighted by atomic mass is 10.2. The number of hydrogen-bond acceptors (Lipinski definition) is 6. The SMILES string of the molecule is COc1ccccc1OCC(=O)Nc1ccc2c(c1)N(CC(=O)Nc1ccccc1)C(=O)CO2. The molecule has 0 aromatic heterocycles. The van der Waals surface area contributed by atoms with E-state index in [2.05, 4.69) is 10.6 Å². The molecule has 2 N–H and O–H groups in total. The Morgan fingerprint density at radius 1 is 0.912 bits per heavy atom. The predicted octanol–water partition coefficient (Wildman–Crippen LogP) is 3.08. The number of anilines is 3. The maximum absolute atomic E-state index is 12.5. The van der Waals surface area contributed by atoms with E-state index in [-0.39, 0.29) is 31.6 Å². The maximum Gasteiger partial charge on any atom is 0.265 e. The second-order valence-electron chi connectivity index (χ2n) is 7.35. The van der Waals surface area contributed by atoms with Gasteiger partial charge in [-0.15, -0.1) is 0 Å². The molecule has 9 nitrogen and oxygen atoms in total. The number of carbonyl (C=O) groups excluding carboxylic acids is 3. The highest BCUT2D eigenvalue weighted by atomic mass is 16.5. The molecule has 1 heterocycles. The van der Waals surface area contributed by atoms with Crippen molar-refractivity contribution in [3.8, 4) is 17.2 Å². The Kier molecular flexibility index (Phi) is 6.92. The van der Waals surface area contributed by atoms with Gasteiger partial charge in [-0.25, -0.2) is 0 Å². The van der Waals surface area contributed by atoms with Crippen LogP contribution in [0.15, 0.2) is 72.8 Å². The minimum atomic E-state index is -0.401. The first-order valence-electron chi connectivity index (χ1n) is 10.5. The van der Waals surface area contributed by atoms with E-state index >= 15 is 0 Å². The number of nitrogens with one attached hydrogen (secondary N) is 2. The number of para-hydroxylation sites is 3. The van der Waals surface area contributed by atoms with Gasteiger partial charge in [0.05, 0.1) is 12.8 Å². The van der Waals surface area contributed by atoms with Crippen molar-refractivity contribution in [2.24, 2.45) is 0 Å². The van der Waals surface area contributed by atoms with Crippen molar-refractivity contribution in [2.75, 3.05) is 42.4 Å². The lowest BCUT2D eigenvalue weighted by molar-refractivity contribution is -0.123. The van der Waals surface area contributed by atoms with Crippen molar-refractivity contribution in [2.45, 2.75) is 0 Å². The van der Waals surface area contributed by atoms with Crippen molar-refractivity contribution >= 4 is 34.8 Å². The Morgan fingerprint density at radius 3 is 2.38 bits per heavy atom. The van der Waals surface area contributed by atoms with Gasteiger partial charge in [-0.05, 0) is 42.5 Å². The van der Waals surface area contributed by atoms with Crippen LogP contribution in [0.1, 0.15) is 0 Å². The number of nitrogens with zero attached hydrogens (tertiary/aromatic N) is 1. The van der Waals surface area contributed by atoms with Gasteiger partial charge in [0.15, 0.2) is 24.7 Å². The van der Waals surface area contributed by atoms with Crippen LogP contribution in [0, 0.1) is 0 Å². The number of hydrogen-bond donors (Lipinski definition) is 2. The summed E-state index contributed by atoms with van der Waals surface area (Å²) < 4.78 is 16.2. The third-order valence-corrected chi connectivity index (χ3v) is 4.97. The number of methoxy groups -OCH3 is 1. The Bertz CT molecular complexity index is 1200. The number of rotatable bonds is 8. The van der Waals surface area contributed by atoms with Gasteiger partial charge in [0, 0.05) is 11.4 Å². The standard InChI is InChI=1S/C25H23N3O6/c1-32-21-9-5-6-10-22(21)33-15-24(30)27-18-11-12-20-19(13-18)28(25(31)16-34-20)14-23(29)26-17-7-3-2-4-8-17/h2-13H,14-16H2,1H3,(H,26,29)(H,27,30). The van der Waals surface area contributed by atoms with Crippen LogP contribution in [-0.2, 0) is 14.4 Å². The van der Waals surface area contributed by atoms with Crippen molar-refractivity contribution in [1.29, 1.82) is 0 Å². The van der Waals surface area contributed by atoms with Crippen molar-refractivity contribution < 1.29 is 28.6 Å². The molecule has 3 amide bonds. The van der Waals surface area contributed by atoms with Gasteiger partial charge in [0.2, 0.25) is 5.91 Å². The fraction of sp³-hybridized carbons (Fsp3) is 0.160. The molecule has 0 aliphatic carbocycles. The number of carbonyl (C=O) groups is 3. The topological polar surface area (TPSA) is 106 Å². The summed E-state index contributed by atoms with van der Waals surface area (Å²) in [6.07, 6.45) is 0. The Hall–Kier alpha value is -4.53. The van der Waals surface area contributed by atoms with Crippen LogP contribution in [0.5, 0.6) is 17.2 Å². The first kappa shape index (κ1) is 22.7. The van der Waals surface area contributed by atoms with Crippen LogP contribution in [0.3, 0.4) is 0 Å². The van der Waals surface area contributed by atoms with Crippen LogP contribution in [0.25, 0.3) is 0 Å². The van der Waals surface area contributed by atoms with Crippen LogP contribution >= 0.6 is 0 Å². The summed E-state index contributed by atoms with van der Waals surface area (Å²) in [6, 6.07) is 20.8. The second kappa shape index (κ2) is 10.4. The van der Waals surface area contributed by atoms with E-state index in [1.807, 2.05) is 6.07 Å². The lowest BCUT2D eigenvalue weighted by Gasteiger charge is -2.29. The minimum absolute atomic E-state index is 0.177. The number of fused-ring (bicyclic) bond motifs is 1. The molecular weight excluding hydrogens is 438 g/mol. The Morgan fingerprint density at radius 2 is 1.62 bits per heavy atom. The molecule has 0 unspecified atom stereocenters. The van der Waals surface area contributed by atoms with E-state index in [4.69, 9.17) is 14.2 Å². The molecule has 34 heavy (non-hydrogen) atoms. The van der Waals surface area contributed by atoms with Gasteiger partial charge in [0.1, 0.15) is 12.3 Å². The summed E-state index contributed by atoms with van der Waals surface area (Å²) in [6.45, 7) is -0.613.